The van der Waals surface area contributed by atoms with Gasteiger partial charge < -0.3 is 14.9 Å². The molecule has 4 nitrogen and oxygen atoms in total. The fourth-order valence-corrected chi connectivity index (χ4v) is 7.65. The molecule has 0 saturated heterocycles. The lowest BCUT2D eigenvalue weighted by Gasteiger charge is -2.58. The molecule has 0 unspecified atom stereocenters. The molecule has 30 heavy (non-hydrogen) atoms. The van der Waals surface area contributed by atoms with Gasteiger partial charge in [-0.1, -0.05) is 36.8 Å². The SMILES string of the molecule is C[C@]12CC[C@H]3[C@@H](CC=C4C[C@@H](O)CC[C@@]43CO)[C@@H]1CC[C@H]2OC(=O)c1ccccc1. The lowest BCUT2D eigenvalue weighted by Crippen LogP contribution is -2.53. The summed E-state index contributed by atoms with van der Waals surface area (Å²) in [6.07, 6.45) is 9.66. The molecule has 0 amide bonds. The molecule has 1 aromatic rings. The van der Waals surface area contributed by atoms with Crippen LogP contribution in [0.15, 0.2) is 42.0 Å². The van der Waals surface area contributed by atoms with Crippen molar-refractivity contribution in [2.45, 2.75) is 70.5 Å². The van der Waals surface area contributed by atoms with Gasteiger partial charge in [0.1, 0.15) is 6.10 Å². The fraction of sp³-hybridized carbons (Fsp3) is 0.654. The molecular formula is C26H34O4. The molecule has 0 spiro atoms. The highest BCUT2D eigenvalue weighted by Crippen LogP contribution is 2.65. The molecule has 0 bridgehead atoms. The highest BCUT2D eigenvalue weighted by atomic mass is 16.5. The predicted octanol–water partition coefficient (Wildman–Crippen LogP) is 4.51. The smallest absolute Gasteiger partial charge is 0.338 e. The van der Waals surface area contributed by atoms with Crippen LogP contribution in [0, 0.1) is 28.6 Å². The van der Waals surface area contributed by atoms with E-state index >= 15 is 0 Å². The van der Waals surface area contributed by atoms with Crippen LogP contribution in [-0.4, -0.2) is 35.0 Å². The van der Waals surface area contributed by atoms with Crippen LogP contribution in [0.25, 0.3) is 0 Å². The van der Waals surface area contributed by atoms with Crippen molar-refractivity contribution < 1.29 is 19.7 Å². The van der Waals surface area contributed by atoms with Crippen molar-refractivity contribution in [3.8, 4) is 0 Å². The molecule has 0 heterocycles. The summed E-state index contributed by atoms with van der Waals surface area (Å²) in [4.78, 5) is 12.7. The van der Waals surface area contributed by atoms with E-state index in [1.54, 1.807) is 0 Å². The number of hydrogen-bond acceptors (Lipinski definition) is 4. The summed E-state index contributed by atoms with van der Waals surface area (Å²) < 4.78 is 6.08. The number of aliphatic hydroxyl groups excluding tert-OH is 2. The zero-order valence-corrected chi connectivity index (χ0v) is 17.9. The lowest BCUT2D eigenvalue weighted by molar-refractivity contribution is -0.0927. The van der Waals surface area contributed by atoms with Gasteiger partial charge in [-0.25, -0.2) is 4.79 Å². The molecule has 0 radical (unpaired) electrons. The average Bonchev–Trinajstić information content (AvgIpc) is 3.10. The molecule has 3 saturated carbocycles. The molecule has 162 valence electrons. The van der Waals surface area contributed by atoms with Crippen molar-refractivity contribution in [3.63, 3.8) is 0 Å². The van der Waals surface area contributed by atoms with Gasteiger partial charge in [0.2, 0.25) is 0 Å². The van der Waals surface area contributed by atoms with E-state index in [1.807, 2.05) is 30.3 Å². The summed E-state index contributed by atoms with van der Waals surface area (Å²) in [7, 11) is 0. The van der Waals surface area contributed by atoms with E-state index in [4.69, 9.17) is 4.74 Å². The molecule has 4 heteroatoms. The summed E-state index contributed by atoms with van der Waals surface area (Å²) in [5.41, 5.74) is 1.81. The Kier molecular flexibility index (Phi) is 5.06. The number of fused-ring (bicyclic) bond motifs is 5. The maximum absolute atomic E-state index is 12.7. The third-order valence-corrected chi connectivity index (χ3v) is 9.26. The largest absolute Gasteiger partial charge is 0.458 e. The quantitative estimate of drug-likeness (QED) is 0.568. The lowest BCUT2D eigenvalue weighted by atomic mass is 9.47. The van der Waals surface area contributed by atoms with Crippen molar-refractivity contribution in [1.82, 2.24) is 0 Å². The first-order valence-corrected chi connectivity index (χ1v) is 11.7. The first kappa shape index (κ1) is 20.3. The summed E-state index contributed by atoms with van der Waals surface area (Å²) >= 11 is 0. The van der Waals surface area contributed by atoms with Gasteiger partial charge in [0.25, 0.3) is 0 Å². The van der Waals surface area contributed by atoms with Gasteiger partial charge in [0.05, 0.1) is 18.3 Å². The van der Waals surface area contributed by atoms with Crippen LogP contribution >= 0.6 is 0 Å². The molecule has 4 aliphatic carbocycles. The number of allylic oxidation sites excluding steroid dienone is 1. The van der Waals surface area contributed by atoms with Gasteiger partial charge >= 0.3 is 5.97 Å². The molecule has 2 N–H and O–H groups in total. The second-order valence-corrected chi connectivity index (χ2v) is 10.4. The molecule has 3 fully saturated rings. The van der Waals surface area contributed by atoms with Crippen molar-refractivity contribution in [2.75, 3.05) is 6.61 Å². The van der Waals surface area contributed by atoms with Crippen molar-refractivity contribution in [2.24, 2.45) is 28.6 Å². The Hall–Kier alpha value is -1.65. The normalized spacial score (nSPS) is 42.5. The number of aliphatic hydroxyl groups is 2. The van der Waals surface area contributed by atoms with Crippen molar-refractivity contribution >= 4 is 5.97 Å². The zero-order valence-electron chi connectivity index (χ0n) is 17.9. The van der Waals surface area contributed by atoms with Crippen molar-refractivity contribution in [3.05, 3.63) is 47.5 Å². The zero-order chi connectivity index (χ0) is 20.9. The highest BCUT2D eigenvalue weighted by molar-refractivity contribution is 5.89. The molecule has 4 aliphatic rings. The Bertz CT molecular complexity index is 833. The van der Waals surface area contributed by atoms with E-state index < -0.39 is 0 Å². The number of rotatable bonds is 3. The molecule has 0 aromatic heterocycles. The van der Waals surface area contributed by atoms with Crippen molar-refractivity contribution in [1.29, 1.82) is 0 Å². The Morgan fingerprint density at radius 2 is 1.90 bits per heavy atom. The Morgan fingerprint density at radius 3 is 2.67 bits per heavy atom. The van der Waals surface area contributed by atoms with Crippen LogP contribution in [0.5, 0.6) is 0 Å². The topological polar surface area (TPSA) is 66.8 Å². The maximum Gasteiger partial charge on any atom is 0.338 e. The van der Waals surface area contributed by atoms with Gasteiger partial charge in [-0.05, 0) is 81.3 Å². The molecular weight excluding hydrogens is 376 g/mol. The van der Waals surface area contributed by atoms with E-state index in [1.165, 1.54) is 5.57 Å². The third-order valence-electron chi connectivity index (χ3n) is 9.26. The van der Waals surface area contributed by atoms with Crippen LogP contribution in [0.4, 0.5) is 0 Å². The summed E-state index contributed by atoms with van der Waals surface area (Å²) in [6, 6.07) is 9.32. The summed E-state index contributed by atoms with van der Waals surface area (Å²) in [5.74, 6) is 1.34. The number of esters is 1. The monoisotopic (exact) mass is 410 g/mol. The third kappa shape index (κ3) is 2.98. The standard InChI is InChI=1S/C26H34O4/c1-25-13-12-22-20(8-7-18-15-19(28)11-14-26(18,22)16-27)21(25)9-10-23(25)30-24(29)17-5-3-2-4-6-17/h2-7,19-23,27-28H,8-16H2,1H3/t19-,20-,21-,22-,23+,25-,26+/m0/s1. The van der Waals surface area contributed by atoms with Crippen LogP contribution < -0.4 is 0 Å². The minimum Gasteiger partial charge on any atom is -0.458 e. The van der Waals surface area contributed by atoms with Gasteiger partial charge in [0, 0.05) is 10.8 Å². The predicted molar refractivity (Wildman–Crippen MR) is 115 cm³/mol. The van der Waals surface area contributed by atoms with E-state index in [9.17, 15) is 15.0 Å². The van der Waals surface area contributed by atoms with Gasteiger partial charge in [0.15, 0.2) is 0 Å². The number of carbonyl (C=O) groups excluding carboxylic acids is 1. The van der Waals surface area contributed by atoms with Crippen LogP contribution in [-0.2, 0) is 4.74 Å². The van der Waals surface area contributed by atoms with E-state index in [2.05, 4.69) is 13.0 Å². The molecule has 1 aromatic carbocycles. The van der Waals surface area contributed by atoms with E-state index in [0.29, 0.717) is 23.3 Å². The Labute approximate surface area is 179 Å². The average molecular weight is 411 g/mol. The van der Waals surface area contributed by atoms with Gasteiger partial charge in [-0.3, -0.25) is 0 Å². The van der Waals surface area contributed by atoms with E-state index in [0.717, 1.165) is 51.4 Å². The van der Waals surface area contributed by atoms with Crippen LogP contribution in [0.2, 0.25) is 0 Å². The first-order valence-electron chi connectivity index (χ1n) is 11.7. The number of ether oxygens (including phenoxy) is 1. The maximum atomic E-state index is 12.7. The van der Waals surface area contributed by atoms with Gasteiger partial charge in [-0.15, -0.1) is 0 Å². The summed E-state index contributed by atoms with van der Waals surface area (Å²) in [6.45, 7) is 2.53. The Balaban J connectivity index is 1.38. The van der Waals surface area contributed by atoms with Crippen LogP contribution in [0.1, 0.15) is 68.6 Å². The van der Waals surface area contributed by atoms with Gasteiger partial charge in [-0.2, -0.15) is 0 Å². The minimum atomic E-state index is -0.255. The first-order chi connectivity index (χ1) is 14.5. The Morgan fingerprint density at radius 1 is 1.10 bits per heavy atom. The van der Waals surface area contributed by atoms with E-state index in [-0.39, 0.29) is 35.6 Å². The number of hydrogen-bond donors (Lipinski definition) is 2. The molecule has 0 aliphatic heterocycles. The second kappa shape index (κ2) is 7.49. The highest BCUT2D eigenvalue weighted by Gasteiger charge is 2.60. The van der Waals surface area contributed by atoms with Crippen LogP contribution in [0.3, 0.4) is 0 Å². The second-order valence-electron chi connectivity index (χ2n) is 10.4. The minimum absolute atomic E-state index is 0.0157. The summed E-state index contributed by atoms with van der Waals surface area (Å²) in [5, 5.41) is 20.7. The number of benzene rings is 1. The number of carbonyl (C=O) groups is 1. The molecule has 5 rings (SSSR count). The molecule has 7 atom stereocenters. The fourth-order valence-electron chi connectivity index (χ4n) is 7.65.